The van der Waals surface area contributed by atoms with Gasteiger partial charge in [0, 0.05) is 19.6 Å². The van der Waals surface area contributed by atoms with Gasteiger partial charge in [-0.15, -0.1) is 0 Å². The highest BCUT2D eigenvalue weighted by molar-refractivity contribution is 7.87. The van der Waals surface area contributed by atoms with Crippen LogP contribution >= 0.6 is 0 Å². The van der Waals surface area contributed by atoms with Crippen LogP contribution in [0.5, 0.6) is 0 Å². The van der Waals surface area contributed by atoms with Crippen molar-refractivity contribution < 1.29 is 13.5 Å². The Balaban J connectivity index is 2.50. The van der Waals surface area contributed by atoms with E-state index in [1.807, 2.05) is 13.8 Å². The van der Waals surface area contributed by atoms with Crippen molar-refractivity contribution in [3.8, 4) is 0 Å². The van der Waals surface area contributed by atoms with Crippen LogP contribution in [0.2, 0.25) is 0 Å². The van der Waals surface area contributed by atoms with E-state index in [0.29, 0.717) is 25.4 Å². The molecule has 2 N–H and O–H groups in total. The maximum absolute atomic E-state index is 12.0. The van der Waals surface area contributed by atoms with Crippen molar-refractivity contribution in [2.24, 2.45) is 5.92 Å². The molecule has 0 bridgehead atoms. The van der Waals surface area contributed by atoms with Crippen LogP contribution in [0.4, 0.5) is 0 Å². The van der Waals surface area contributed by atoms with Gasteiger partial charge in [0.2, 0.25) is 0 Å². The van der Waals surface area contributed by atoms with Gasteiger partial charge in [-0.05, 0) is 32.1 Å². The van der Waals surface area contributed by atoms with Gasteiger partial charge in [0.1, 0.15) is 0 Å². The summed E-state index contributed by atoms with van der Waals surface area (Å²) in [6, 6.07) is 0. The zero-order valence-corrected chi connectivity index (χ0v) is 12.5. The van der Waals surface area contributed by atoms with Gasteiger partial charge in [0.15, 0.2) is 0 Å². The average molecular weight is 278 g/mol. The molecule has 1 aliphatic rings. The minimum atomic E-state index is -3.43. The molecule has 0 aromatic heterocycles. The lowest BCUT2D eigenvalue weighted by Gasteiger charge is -2.29. The van der Waals surface area contributed by atoms with Gasteiger partial charge in [-0.2, -0.15) is 17.4 Å². The molecule has 1 saturated heterocycles. The van der Waals surface area contributed by atoms with Crippen LogP contribution in [0, 0.1) is 5.92 Å². The molecule has 108 valence electrons. The zero-order chi connectivity index (χ0) is 13.8. The van der Waals surface area contributed by atoms with E-state index in [2.05, 4.69) is 4.72 Å². The van der Waals surface area contributed by atoms with Crippen LogP contribution in [-0.4, -0.2) is 43.1 Å². The SMILES string of the molecule is CC(C)CC(C)(O)CNS(=O)(=O)N1CCCCC1. The summed E-state index contributed by atoms with van der Waals surface area (Å²) in [7, 11) is -3.43. The van der Waals surface area contributed by atoms with Gasteiger partial charge in [-0.25, -0.2) is 0 Å². The average Bonchev–Trinajstić information content (AvgIpc) is 2.26. The fourth-order valence-electron chi connectivity index (χ4n) is 2.39. The first-order chi connectivity index (χ1) is 8.23. The summed E-state index contributed by atoms with van der Waals surface area (Å²) >= 11 is 0. The van der Waals surface area contributed by atoms with Crippen LogP contribution in [0.15, 0.2) is 0 Å². The molecule has 0 aromatic rings. The van der Waals surface area contributed by atoms with E-state index < -0.39 is 15.8 Å². The summed E-state index contributed by atoms with van der Waals surface area (Å²) in [6.07, 6.45) is 3.51. The Kier molecular flexibility index (Phi) is 5.58. The summed E-state index contributed by atoms with van der Waals surface area (Å²) in [6.45, 7) is 6.93. The second-order valence-electron chi connectivity index (χ2n) is 5.88. The summed E-state index contributed by atoms with van der Waals surface area (Å²) in [5, 5.41) is 10.1. The fourth-order valence-corrected chi connectivity index (χ4v) is 3.81. The summed E-state index contributed by atoms with van der Waals surface area (Å²) < 4.78 is 28.0. The Hall–Kier alpha value is -0.170. The second-order valence-corrected chi connectivity index (χ2v) is 7.64. The predicted octanol–water partition coefficient (Wildman–Crippen LogP) is 1.10. The van der Waals surface area contributed by atoms with Crippen LogP contribution in [-0.2, 0) is 10.2 Å². The first-order valence-corrected chi connectivity index (χ1v) is 8.14. The predicted molar refractivity (Wildman–Crippen MR) is 72.4 cm³/mol. The summed E-state index contributed by atoms with van der Waals surface area (Å²) in [5.74, 6) is 0.333. The van der Waals surface area contributed by atoms with E-state index in [9.17, 15) is 13.5 Å². The molecule has 1 heterocycles. The molecule has 0 aliphatic carbocycles. The minimum Gasteiger partial charge on any atom is -0.389 e. The largest absolute Gasteiger partial charge is 0.389 e. The molecule has 0 aromatic carbocycles. The lowest BCUT2D eigenvalue weighted by atomic mass is 9.95. The zero-order valence-electron chi connectivity index (χ0n) is 11.6. The van der Waals surface area contributed by atoms with E-state index in [1.54, 1.807) is 6.92 Å². The third kappa shape index (κ3) is 5.22. The van der Waals surface area contributed by atoms with Gasteiger partial charge < -0.3 is 5.11 Å². The fraction of sp³-hybridized carbons (Fsp3) is 1.00. The van der Waals surface area contributed by atoms with E-state index in [-0.39, 0.29) is 6.54 Å². The van der Waals surface area contributed by atoms with Gasteiger partial charge in [0.05, 0.1) is 5.60 Å². The molecule has 1 aliphatic heterocycles. The molecular formula is C12H26N2O3S. The normalized spacial score (nSPS) is 22.1. The third-order valence-corrected chi connectivity index (χ3v) is 4.69. The Morgan fingerprint density at radius 3 is 2.33 bits per heavy atom. The molecule has 0 radical (unpaired) electrons. The lowest BCUT2D eigenvalue weighted by molar-refractivity contribution is 0.0432. The Morgan fingerprint density at radius 2 is 1.83 bits per heavy atom. The molecule has 1 rings (SSSR count). The quantitative estimate of drug-likeness (QED) is 0.764. The number of nitrogens with one attached hydrogen (secondary N) is 1. The Morgan fingerprint density at radius 1 is 1.28 bits per heavy atom. The molecular weight excluding hydrogens is 252 g/mol. The number of nitrogens with zero attached hydrogens (tertiary/aromatic N) is 1. The molecule has 1 unspecified atom stereocenters. The third-order valence-electron chi connectivity index (χ3n) is 3.14. The van der Waals surface area contributed by atoms with Crippen molar-refractivity contribution in [3.05, 3.63) is 0 Å². The van der Waals surface area contributed by atoms with Crippen molar-refractivity contribution in [1.29, 1.82) is 0 Å². The standard InChI is InChI=1S/C12H26N2O3S/c1-11(2)9-12(3,15)10-13-18(16,17)14-7-5-4-6-8-14/h11,13,15H,4-10H2,1-3H3. The number of rotatable bonds is 6. The minimum absolute atomic E-state index is 0.0734. The Labute approximate surface area is 111 Å². The van der Waals surface area contributed by atoms with Gasteiger partial charge >= 0.3 is 0 Å². The smallest absolute Gasteiger partial charge is 0.279 e. The molecule has 1 fully saturated rings. The van der Waals surface area contributed by atoms with Crippen molar-refractivity contribution in [2.45, 2.75) is 52.1 Å². The first-order valence-electron chi connectivity index (χ1n) is 6.70. The molecule has 18 heavy (non-hydrogen) atoms. The number of hydrogen-bond donors (Lipinski definition) is 2. The number of aliphatic hydroxyl groups is 1. The van der Waals surface area contributed by atoms with Gasteiger partial charge in [-0.1, -0.05) is 20.3 Å². The van der Waals surface area contributed by atoms with Crippen molar-refractivity contribution in [3.63, 3.8) is 0 Å². The maximum atomic E-state index is 12.0. The molecule has 0 amide bonds. The van der Waals surface area contributed by atoms with Gasteiger partial charge in [0.25, 0.3) is 10.2 Å². The van der Waals surface area contributed by atoms with Crippen LogP contribution in [0.25, 0.3) is 0 Å². The van der Waals surface area contributed by atoms with Crippen molar-refractivity contribution in [2.75, 3.05) is 19.6 Å². The maximum Gasteiger partial charge on any atom is 0.279 e. The highest BCUT2D eigenvalue weighted by Gasteiger charge is 2.28. The van der Waals surface area contributed by atoms with E-state index >= 15 is 0 Å². The monoisotopic (exact) mass is 278 g/mol. The topological polar surface area (TPSA) is 69.6 Å². The van der Waals surface area contributed by atoms with Crippen LogP contribution in [0.1, 0.15) is 46.5 Å². The summed E-state index contributed by atoms with van der Waals surface area (Å²) in [5.41, 5.74) is -0.989. The highest BCUT2D eigenvalue weighted by atomic mass is 32.2. The molecule has 6 heteroatoms. The Bertz CT molecular complexity index is 346. The second kappa shape index (κ2) is 6.32. The van der Waals surface area contributed by atoms with E-state index in [0.717, 1.165) is 19.3 Å². The van der Waals surface area contributed by atoms with E-state index in [4.69, 9.17) is 0 Å². The molecule has 1 atom stereocenters. The van der Waals surface area contributed by atoms with Gasteiger partial charge in [-0.3, -0.25) is 0 Å². The van der Waals surface area contributed by atoms with Crippen molar-refractivity contribution in [1.82, 2.24) is 9.03 Å². The molecule has 0 spiro atoms. The number of piperidine rings is 1. The van der Waals surface area contributed by atoms with E-state index in [1.165, 1.54) is 4.31 Å². The first kappa shape index (κ1) is 15.9. The number of hydrogen-bond acceptors (Lipinski definition) is 3. The molecule has 0 saturated carbocycles. The van der Waals surface area contributed by atoms with Crippen LogP contribution < -0.4 is 4.72 Å². The van der Waals surface area contributed by atoms with Crippen molar-refractivity contribution >= 4 is 10.2 Å². The van der Waals surface area contributed by atoms with Crippen LogP contribution in [0.3, 0.4) is 0 Å². The summed E-state index contributed by atoms with van der Waals surface area (Å²) in [4.78, 5) is 0. The molecule has 5 nitrogen and oxygen atoms in total. The lowest BCUT2D eigenvalue weighted by Crippen LogP contribution is -2.48. The highest BCUT2D eigenvalue weighted by Crippen LogP contribution is 2.17.